The van der Waals surface area contributed by atoms with E-state index < -0.39 is 10.0 Å². The van der Waals surface area contributed by atoms with Crippen LogP contribution >= 0.6 is 24.0 Å². The lowest BCUT2D eigenvalue weighted by Crippen LogP contribution is -2.42. The smallest absolute Gasteiger partial charge is 0.208 e. The van der Waals surface area contributed by atoms with Gasteiger partial charge >= 0.3 is 0 Å². The summed E-state index contributed by atoms with van der Waals surface area (Å²) in [5, 5.41) is 6.50. The lowest BCUT2D eigenvalue weighted by molar-refractivity contribution is 0.546. The lowest BCUT2D eigenvalue weighted by Gasteiger charge is -2.17. The summed E-state index contributed by atoms with van der Waals surface area (Å²) in [6, 6.07) is 0.363. The molecule has 0 aromatic carbocycles. The number of hydrogen-bond acceptors (Lipinski definition) is 3. The second kappa shape index (κ2) is 13.6. The first kappa shape index (κ1) is 23.2. The van der Waals surface area contributed by atoms with Crippen molar-refractivity contribution < 1.29 is 8.42 Å². The van der Waals surface area contributed by atoms with Crippen LogP contribution in [-0.2, 0) is 10.0 Å². The molecule has 128 valence electrons. The lowest BCUT2D eigenvalue weighted by atomic mass is 10.1. The maximum Gasteiger partial charge on any atom is 0.208 e. The van der Waals surface area contributed by atoms with E-state index in [1.54, 1.807) is 0 Å². The monoisotopic (exact) mass is 434 g/mol. The van der Waals surface area contributed by atoms with Crippen molar-refractivity contribution in [3.05, 3.63) is 0 Å². The molecule has 0 aromatic rings. The third-order valence-corrected chi connectivity index (χ3v) is 3.44. The summed E-state index contributed by atoms with van der Waals surface area (Å²) in [7, 11) is -3.13. The third-order valence-electron chi connectivity index (χ3n) is 2.71. The molecule has 0 amide bonds. The molecule has 8 heteroatoms. The number of nitrogens with one attached hydrogen (secondary N) is 3. The molecule has 0 bridgehead atoms. The zero-order valence-corrected chi connectivity index (χ0v) is 16.8. The Bertz CT molecular complexity index is 374. The molecule has 0 heterocycles. The third kappa shape index (κ3) is 16.1. The van der Waals surface area contributed by atoms with Crippen LogP contribution in [0.4, 0.5) is 0 Å². The van der Waals surface area contributed by atoms with Crippen LogP contribution in [0.1, 0.15) is 46.5 Å². The summed E-state index contributed by atoms with van der Waals surface area (Å²) in [5.74, 6) is 0.742. The Morgan fingerprint density at radius 2 is 1.90 bits per heavy atom. The number of guanidine groups is 1. The van der Waals surface area contributed by atoms with Crippen molar-refractivity contribution in [2.24, 2.45) is 4.99 Å². The summed E-state index contributed by atoms with van der Waals surface area (Å²) in [4.78, 5) is 4.35. The topological polar surface area (TPSA) is 82.6 Å². The van der Waals surface area contributed by atoms with Gasteiger partial charge in [0.25, 0.3) is 0 Å². The predicted octanol–water partition coefficient (Wildman–Crippen LogP) is 1.68. The molecule has 0 aliphatic heterocycles. The van der Waals surface area contributed by atoms with Crippen molar-refractivity contribution in [3.63, 3.8) is 0 Å². The summed E-state index contributed by atoms with van der Waals surface area (Å²) in [6.07, 6.45) is 5.94. The molecule has 0 spiro atoms. The van der Waals surface area contributed by atoms with Gasteiger partial charge in [0.2, 0.25) is 10.0 Å². The number of hydrogen-bond donors (Lipinski definition) is 3. The summed E-state index contributed by atoms with van der Waals surface area (Å²) in [6.45, 7) is 7.86. The number of nitrogens with zero attached hydrogens (tertiary/aromatic N) is 1. The van der Waals surface area contributed by atoms with Gasteiger partial charge in [0, 0.05) is 19.1 Å². The highest BCUT2D eigenvalue weighted by atomic mass is 127. The minimum absolute atomic E-state index is 0. The quantitative estimate of drug-likeness (QED) is 0.212. The minimum atomic E-state index is -3.13. The van der Waals surface area contributed by atoms with Gasteiger partial charge < -0.3 is 10.6 Å². The number of aliphatic imine (C=N–C) groups is 1. The van der Waals surface area contributed by atoms with E-state index in [4.69, 9.17) is 0 Å². The van der Waals surface area contributed by atoms with E-state index in [-0.39, 0.29) is 24.0 Å². The molecular formula is C13H31IN4O2S. The van der Waals surface area contributed by atoms with Crippen molar-refractivity contribution in [2.75, 3.05) is 25.9 Å². The van der Waals surface area contributed by atoms with E-state index >= 15 is 0 Å². The van der Waals surface area contributed by atoms with Crippen LogP contribution in [-0.4, -0.2) is 46.3 Å². The Morgan fingerprint density at radius 3 is 2.43 bits per heavy atom. The fourth-order valence-electron chi connectivity index (χ4n) is 1.72. The Morgan fingerprint density at radius 1 is 1.24 bits per heavy atom. The van der Waals surface area contributed by atoms with Crippen molar-refractivity contribution in [1.29, 1.82) is 0 Å². The number of rotatable bonds is 10. The standard InChI is InChI=1S/C13H30N4O2S.HI/c1-5-7-8-9-12(3)17-13(14-6-2)15-10-11-16-20(4,18)19;/h12,16H,5-11H2,1-4H3,(H2,14,15,17);1H. The van der Waals surface area contributed by atoms with Gasteiger partial charge in [-0.3, -0.25) is 4.99 Å². The average molecular weight is 434 g/mol. The van der Waals surface area contributed by atoms with Gasteiger partial charge in [-0.15, -0.1) is 24.0 Å². The molecule has 0 aliphatic carbocycles. The van der Waals surface area contributed by atoms with Crippen molar-refractivity contribution in [1.82, 2.24) is 15.4 Å². The summed E-state index contributed by atoms with van der Waals surface area (Å²) < 4.78 is 24.3. The molecule has 1 unspecified atom stereocenters. The molecule has 0 radical (unpaired) electrons. The molecule has 3 N–H and O–H groups in total. The van der Waals surface area contributed by atoms with E-state index in [2.05, 4.69) is 34.2 Å². The van der Waals surface area contributed by atoms with Crippen LogP contribution < -0.4 is 15.4 Å². The SMILES string of the molecule is CCCCCC(C)NC(=NCCNS(C)(=O)=O)NCC.I. The van der Waals surface area contributed by atoms with Gasteiger partial charge in [0.05, 0.1) is 12.8 Å². The highest BCUT2D eigenvalue weighted by Crippen LogP contribution is 2.02. The Labute approximate surface area is 147 Å². The zero-order chi connectivity index (χ0) is 15.4. The maximum absolute atomic E-state index is 10.9. The van der Waals surface area contributed by atoms with Gasteiger partial charge in [-0.25, -0.2) is 13.1 Å². The molecular weight excluding hydrogens is 403 g/mol. The van der Waals surface area contributed by atoms with Gasteiger partial charge in [-0.2, -0.15) is 0 Å². The first-order valence-electron chi connectivity index (χ1n) is 7.38. The Balaban J connectivity index is 0. The first-order valence-corrected chi connectivity index (χ1v) is 9.27. The van der Waals surface area contributed by atoms with Crippen LogP contribution in [0.2, 0.25) is 0 Å². The molecule has 0 saturated heterocycles. The summed E-state index contributed by atoms with van der Waals surface area (Å²) in [5.41, 5.74) is 0. The molecule has 0 saturated carbocycles. The largest absolute Gasteiger partial charge is 0.357 e. The van der Waals surface area contributed by atoms with Crippen LogP contribution in [0.25, 0.3) is 0 Å². The molecule has 0 aliphatic rings. The van der Waals surface area contributed by atoms with Crippen molar-refractivity contribution in [3.8, 4) is 0 Å². The summed E-state index contributed by atoms with van der Waals surface area (Å²) >= 11 is 0. The molecule has 6 nitrogen and oxygen atoms in total. The van der Waals surface area contributed by atoms with Crippen molar-refractivity contribution >= 4 is 40.0 Å². The predicted molar refractivity (Wildman–Crippen MR) is 101 cm³/mol. The first-order chi connectivity index (χ1) is 9.39. The van der Waals surface area contributed by atoms with Crippen molar-refractivity contribution in [2.45, 2.75) is 52.5 Å². The number of unbranched alkanes of at least 4 members (excludes halogenated alkanes) is 2. The molecule has 0 aromatic heterocycles. The van der Waals surface area contributed by atoms with E-state index in [9.17, 15) is 8.42 Å². The van der Waals surface area contributed by atoms with Crippen LogP contribution in [0.5, 0.6) is 0 Å². The van der Waals surface area contributed by atoms with Crippen LogP contribution in [0, 0.1) is 0 Å². The Kier molecular flexibility index (Phi) is 15.0. The van der Waals surface area contributed by atoms with Gasteiger partial charge in [-0.1, -0.05) is 26.2 Å². The number of halogens is 1. The van der Waals surface area contributed by atoms with E-state index in [0.29, 0.717) is 19.1 Å². The second-order valence-electron chi connectivity index (χ2n) is 4.97. The molecule has 0 rings (SSSR count). The Hall–Kier alpha value is -0.0900. The van der Waals surface area contributed by atoms with Gasteiger partial charge in [0.1, 0.15) is 0 Å². The van der Waals surface area contributed by atoms with Crippen LogP contribution in [0.15, 0.2) is 4.99 Å². The fraction of sp³-hybridized carbons (Fsp3) is 0.923. The minimum Gasteiger partial charge on any atom is -0.357 e. The highest BCUT2D eigenvalue weighted by molar-refractivity contribution is 14.0. The molecule has 1 atom stereocenters. The highest BCUT2D eigenvalue weighted by Gasteiger charge is 2.05. The van der Waals surface area contributed by atoms with Gasteiger partial charge in [0.15, 0.2) is 5.96 Å². The average Bonchev–Trinajstić information content (AvgIpc) is 2.34. The second-order valence-corrected chi connectivity index (χ2v) is 6.80. The molecule has 21 heavy (non-hydrogen) atoms. The zero-order valence-electron chi connectivity index (χ0n) is 13.6. The van der Waals surface area contributed by atoms with E-state index in [1.165, 1.54) is 19.3 Å². The van der Waals surface area contributed by atoms with E-state index in [1.807, 2.05) is 6.92 Å². The normalized spacial score (nSPS) is 13.4. The van der Waals surface area contributed by atoms with E-state index in [0.717, 1.165) is 25.2 Å². The fourth-order valence-corrected chi connectivity index (χ4v) is 2.19. The van der Waals surface area contributed by atoms with Crippen LogP contribution in [0.3, 0.4) is 0 Å². The van der Waals surface area contributed by atoms with Gasteiger partial charge in [-0.05, 0) is 20.3 Å². The maximum atomic E-state index is 10.9. The number of sulfonamides is 1. The molecule has 0 fully saturated rings.